The van der Waals surface area contributed by atoms with E-state index in [0.717, 1.165) is 30.1 Å². The predicted molar refractivity (Wildman–Crippen MR) is 198 cm³/mol. The minimum Gasteiger partial charge on any atom is -0.400 e. The van der Waals surface area contributed by atoms with Gasteiger partial charge in [-0.25, -0.2) is 4.99 Å². The van der Waals surface area contributed by atoms with Gasteiger partial charge in [0.25, 0.3) is 0 Å². The molecule has 2 atom stereocenters. The van der Waals surface area contributed by atoms with E-state index in [1.165, 1.54) is 60.8 Å². The highest BCUT2D eigenvalue weighted by atomic mass is 15.1. The minimum absolute atomic E-state index is 0.185. The molecule has 4 aromatic carbocycles. The van der Waals surface area contributed by atoms with E-state index >= 15 is 0 Å². The van der Waals surface area contributed by atoms with Crippen LogP contribution in [0.4, 0.5) is 0 Å². The summed E-state index contributed by atoms with van der Waals surface area (Å²) in [6.07, 6.45) is 15.8. The second kappa shape index (κ2) is 10.3. The number of aliphatic imine (C=N–C) groups is 1. The van der Waals surface area contributed by atoms with Crippen molar-refractivity contribution in [3.8, 4) is 5.69 Å². The van der Waals surface area contributed by atoms with Crippen LogP contribution in [0.1, 0.15) is 61.9 Å². The third kappa shape index (κ3) is 4.04. The first kappa shape index (κ1) is 27.9. The Morgan fingerprint density at radius 1 is 0.787 bits per heavy atom. The van der Waals surface area contributed by atoms with Crippen LogP contribution < -0.4 is 5.73 Å². The Morgan fingerprint density at radius 3 is 2.34 bits per heavy atom. The van der Waals surface area contributed by atoms with Crippen LogP contribution in [0.25, 0.3) is 50.5 Å². The molecule has 3 aliphatic rings. The van der Waals surface area contributed by atoms with Crippen molar-refractivity contribution in [2.75, 3.05) is 0 Å². The average molecular weight is 611 g/mol. The highest BCUT2D eigenvalue weighted by Crippen LogP contribution is 2.53. The fraction of sp³-hybridized carbons (Fsp3) is 0.186. The van der Waals surface area contributed by atoms with Crippen molar-refractivity contribution in [3.05, 3.63) is 149 Å². The van der Waals surface area contributed by atoms with Gasteiger partial charge in [-0.05, 0) is 72.6 Å². The summed E-state index contributed by atoms with van der Waals surface area (Å²) in [5.41, 5.74) is 18.2. The van der Waals surface area contributed by atoms with Gasteiger partial charge in [0, 0.05) is 44.7 Å². The van der Waals surface area contributed by atoms with Gasteiger partial charge in [-0.1, -0.05) is 111 Å². The second-order valence-electron chi connectivity index (χ2n) is 13.8. The van der Waals surface area contributed by atoms with Crippen LogP contribution in [-0.2, 0) is 5.41 Å². The van der Waals surface area contributed by atoms with E-state index < -0.39 is 0 Å². The molecule has 2 unspecified atom stereocenters. The lowest BCUT2D eigenvalue weighted by Gasteiger charge is -2.39. The fourth-order valence-electron chi connectivity index (χ4n) is 8.64. The quantitative estimate of drug-likeness (QED) is 0.154. The third-order valence-corrected chi connectivity index (χ3v) is 10.8. The van der Waals surface area contributed by atoms with Crippen molar-refractivity contribution < 1.29 is 0 Å². The van der Waals surface area contributed by atoms with Crippen LogP contribution in [0.5, 0.6) is 0 Å². The Labute approximate surface area is 275 Å². The average Bonchev–Trinajstić information content (AvgIpc) is 3.57. The Kier molecular flexibility index (Phi) is 6.14. The molecule has 2 aromatic heterocycles. The van der Waals surface area contributed by atoms with E-state index in [9.17, 15) is 0 Å². The molecule has 0 amide bonds. The summed E-state index contributed by atoms with van der Waals surface area (Å²) in [4.78, 5) is 5.17. The largest absolute Gasteiger partial charge is 0.400 e. The molecule has 0 aliphatic heterocycles. The first-order valence-electron chi connectivity index (χ1n) is 16.8. The van der Waals surface area contributed by atoms with Gasteiger partial charge in [-0.3, -0.25) is 4.57 Å². The maximum Gasteiger partial charge on any atom is 0.111 e. The summed E-state index contributed by atoms with van der Waals surface area (Å²) < 4.78 is 4.89. The molecule has 9 rings (SSSR count). The van der Waals surface area contributed by atoms with Crippen LogP contribution >= 0.6 is 0 Å². The van der Waals surface area contributed by atoms with Gasteiger partial charge in [0.05, 0.1) is 22.2 Å². The first-order chi connectivity index (χ1) is 22.9. The SMILES string of the molecule is CC(=NC1=C(N)CCC=C1)n1c2ccccc2c2ccc3c(c21)C(C)(C)C1C=Cc2c(n(-c4ccccc4)c4ccccc24)C1C=C3. The molecule has 47 heavy (non-hydrogen) atoms. The number of allylic oxidation sites excluding steroid dienone is 5. The van der Waals surface area contributed by atoms with Crippen LogP contribution in [0, 0.1) is 5.92 Å². The van der Waals surface area contributed by atoms with E-state index in [0.29, 0.717) is 0 Å². The van der Waals surface area contributed by atoms with Crippen molar-refractivity contribution in [2.45, 2.75) is 44.9 Å². The highest BCUT2D eigenvalue weighted by molar-refractivity contribution is 6.15. The molecule has 0 saturated carbocycles. The van der Waals surface area contributed by atoms with Gasteiger partial charge in [-0.15, -0.1) is 0 Å². The first-order valence-corrected chi connectivity index (χ1v) is 16.8. The second-order valence-corrected chi connectivity index (χ2v) is 13.8. The Bertz CT molecular complexity index is 2400. The van der Waals surface area contributed by atoms with Crippen molar-refractivity contribution >= 4 is 50.7 Å². The van der Waals surface area contributed by atoms with Crippen molar-refractivity contribution in [1.29, 1.82) is 0 Å². The monoisotopic (exact) mass is 610 g/mol. The topological polar surface area (TPSA) is 48.2 Å². The maximum absolute atomic E-state index is 6.47. The summed E-state index contributed by atoms with van der Waals surface area (Å²) >= 11 is 0. The van der Waals surface area contributed by atoms with Gasteiger partial charge in [0.2, 0.25) is 0 Å². The van der Waals surface area contributed by atoms with E-state index in [1.807, 2.05) is 0 Å². The lowest BCUT2D eigenvalue weighted by molar-refractivity contribution is 0.352. The number of para-hydroxylation sites is 3. The molecule has 6 aromatic rings. The number of rotatable bonds is 2. The normalized spacial score (nSPS) is 20.1. The molecular formula is C43H38N4. The number of hydrogen-bond donors (Lipinski definition) is 1. The zero-order valence-corrected chi connectivity index (χ0v) is 27.1. The van der Waals surface area contributed by atoms with Gasteiger partial charge < -0.3 is 10.3 Å². The van der Waals surface area contributed by atoms with Gasteiger partial charge in [-0.2, -0.15) is 0 Å². The summed E-state index contributed by atoms with van der Waals surface area (Å²) in [5, 5.41) is 3.80. The molecule has 230 valence electrons. The smallest absolute Gasteiger partial charge is 0.111 e. The minimum atomic E-state index is -0.218. The molecule has 2 N–H and O–H groups in total. The third-order valence-electron chi connectivity index (χ3n) is 10.8. The van der Waals surface area contributed by atoms with Crippen LogP contribution in [0.3, 0.4) is 0 Å². The van der Waals surface area contributed by atoms with Crippen LogP contribution in [0.15, 0.2) is 132 Å². The highest BCUT2D eigenvalue weighted by Gasteiger charge is 2.43. The van der Waals surface area contributed by atoms with Gasteiger partial charge in [0.15, 0.2) is 0 Å². The summed E-state index contributed by atoms with van der Waals surface area (Å²) in [6, 6.07) is 33.1. The zero-order chi connectivity index (χ0) is 31.9. The van der Waals surface area contributed by atoms with Crippen molar-refractivity contribution in [1.82, 2.24) is 9.13 Å². The number of fused-ring (bicyclic) bond motifs is 10. The molecule has 3 aliphatic carbocycles. The predicted octanol–water partition coefficient (Wildman–Crippen LogP) is 10.3. The van der Waals surface area contributed by atoms with E-state index in [1.54, 1.807) is 0 Å². The van der Waals surface area contributed by atoms with E-state index in [-0.39, 0.29) is 17.3 Å². The number of nitrogens with two attached hydrogens (primary N) is 1. The Balaban J connectivity index is 1.30. The van der Waals surface area contributed by atoms with Gasteiger partial charge >= 0.3 is 0 Å². The molecule has 4 heteroatoms. The molecule has 0 bridgehead atoms. The number of benzene rings is 4. The van der Waals surface area contributed by atoms with Crippen LogP contribution in [-0.4, -0.2) is 15.0 Å². The van der Waals surface area contributed by atoms with Gasteiger partial charge in [0.1, 0.15) is 5.84 Å². The van der Waals surface area contributed by atoms with Crippen LogP contribution in [0.2, 0.25) is 0 Å². The summed E-state index contributed by atoms with van der Waals surface area (Å²) in [7, 11) is 0. The van der Waals surface area contributed by atoms with E-state index in [4.69, 9.17) is 10.7 Å². The molecule has 0 spiro atoms. The molecule has 0 radical (unpaired) electrons. The molecule has 4 nitrogen and oxygen atoms in total. The number of hydrogen-bond acceptors (Lipinski definition) is 2. The van der Waals surface area contributed by atoms with Crippen molar-refractivity contribution in [3.63, 3.8) is 0 Å². The molecule has 0 fully saturated rings. The summed E-state index contributed by atoms with van der Waals surface area (Å²) in [5.74, 6) is 1.35. The summed E-state index contributed by atoms with van der Waals surface area (Å²) in [6.45, 7) is 7.01. The Hall–Kier alpha value is -5.35. The lowest BCUT2D eigenvalue weighted by Crippen LogP contribution is -2.34. The van der Waals surface area contributed by atoms with Crippen molar-refractivity contribution in [2.24, 2.45) is 16.6 Å². The molecule has 2 heterocycles. The standard InChI is InChI=1S/C43H38N4/c1-27(45-37-18-10-9-17-36(37)44)46-38-19-11-7-16-31(38)33-23-21-28-22-24-34-35(43(2,3)40(28)42(33)46)26-25-32-30-15-8-12-20-39(30)47(41(32)34)29-13-5-4-6-14-29/h4-8,10-16,18-26,34-35H,9,17,44H2,1-3H3. The maximum atomic E-state index is 6.47. The van der Waals surface area contributed by atoms with E-state index in [2.05, 4.69) is 157 Å². The fourth-order valence-corrected chi connectivity index (χ4v) is 8.64. The number of nitrogens with zero attached hydrogens (tertiary/aromatic N) is 3. The Morgan fingerprint density at radius 2 is 1.53 bits per heavy atom. The molecular weight excluding hydrogens is 573 g/mol. The molecule has 0 saturated heterocycles. The lowest BCUT2D eigenvalue weighted by atomic mass is 9.65. The number of aromatic nitrogens is 2. The zero-order valence-electron chi connectivity index (χ0n) is 27.1.